The summed E-state index contributed by atoms with van der Waals surface area (Å²) in [6.45, 7) is 0. The first-order chi connectivity index (χ1) is 4.70. The van der Waals surface area contributed by atoms with E-state index in [1.165, 1.54) is 6.08 Å². The average Bonchev–Trinajstić information content (AvgIpc) is 1.88. The fourth-order valence-electron chi connectivity index (χ4n) is 0.777. The second kappa shape index (κ2) is 2.60. The van der Waals surface area contributed by atoms with E-state index >= 15 is 0 Å². The van der Waals surface area contributed by atoms with E-state index in [4.69, 9.17) is 0 Å². The number of allylic oxidation sites excluding steroid dienone is 3. The minimum Gasteiger partial charge on any atom is -0.258 e. The molecule has 1 aliphatic carbocycles. The van der Waals surface area contributed by atoms with Gasteiger partial charge in [0.25, 0.3) is 5.70 Å². The van der Waals surface area contributed by atoms with Crippen molar-refractivity contribution in [2.45, 2.75) is 12.8 Å². The second-order valence-electron chi connectivity index (χ2n) is 2.02. The van der Waals surface area contributed by atoms with Gasteiger partial charge >= 0.3 is 0 Å². The van der Waals surface area contributed by atoms with Crippen LogP contribution >= 0.6 is 0 Å². The molecule has 0 N–H and O–H groups in total. The quantitative estimate of drug-likeness (QED) is 0.415. The van der Waals surface area contributed by atoms with Crippen LogP contribution in [-0.2, 0) is 0 Å². The molecule has 0 aliphatic heterocycles. The van der Waals surface area contributed by atoms with E-state index in [0.29, 0.717) is 6.42 Å². The summed E-state index contributed by atoms with van der Waals surface area (Å²) < 4.78 is 12.3. The molecule has 3 nitrogen and oxygen atoms in total. The van der Waals surface area contributed by atoms with Crippen LogP contribution in [0.2, 0.25) is 0 Å². The van der Waals surface area contributed by atoms with Gasteiger partial charge in [-0.15, -0.1) is 0 Å². The Morgan fingerprint density at radius 2 is 2.40 bits per heavy atom. The number of hydrogen-bond acceptors (Lipinski definition) is 2. The summed E-state index contributed by atoms with van der Waals surface area (Å²) >= 11 is 0. The van der Waals surface area contributed by atoms with E-state index in [-0.39, 0.29) is 12.1 Å². The molecule has 0 aromatic carbocycles. The topological polar surface area (TPSA) is 43.1 Å². The molecular weight excluding hydrogens is 137 g/mol. The molecule has 0 spiro atoms. The summed E-state index contributed by atoms with van der Waals surface area (Å²) in [5.41, 5.74) is -0.135. The summed E-state index contributed by atoms with van der Waals surface area (Å²) in [7, 11) is 0. The minimum absolute atomic E-state index is 0.135. The maximum absolute atomic E-state index is 12.3. The van der Waals surface area contributed by atoms with E-state index in [1.807, 2.05) is 0 Å². The molecule has 0 amide bonds. The first kappa shape index (κ1) is 6.92. The van der Waals surface area contributed by atoms with Crippen LogP contribution in [0.5, 0.6) is 0 Å². The van der Waals surface area contributed by atoms with Gasteiger partial charge in [0.15, 0.2) is 0 Å². The van der Waals surface area contributed by atoms with Crippen molar-refractivity contribution in [3.8, 4) is 0 Å². The molecular formula is C6H6FNO2. The smallest absolute Gasteiger partial charge is 0.258 e. The third-order valence-corrected chi connectivity index (χ3v) is 1.25. The van der Waals surface area contributed by atoms with Gasteiger partial charge < -0.3 is 0 Å². The van der Waals surface area contributed by atoms with E-state index in [9.17, 15) is 14.5 Å². The zero-order chi connectivity index (χ0) is 7.56. The van der Waals surface area contributed by atoms with Gasteiger partial charge in [0.2, 0.25) is 0 Å². The molecule has 10 heavy (non-hydrogen) atoms. The van der Waals surface area contributed by atoms with E-state index in [2.05, 4.69) is 0 Å². The highest BCUT2D eigenvalue weighted by molar-refractivity contribution is 5.18. The maximum atomic E-state index is 12.3. The lowest BCUT2D eigenvalue weighted by Gasteiger charge is -1.99. The number of nitro groups is 1. The molecule has 0 bridgehead atoms. The Balaban J connectivity index is 2.79. The van der Waals surface area contributed by atoms with Crippen LogP contribution in [0, 0.1) is 10.1 Å². The Kier molecular flexibility index (Phi) is 1.80. The van der Waals surface area contributed by atoms with Crippen LogP contribution < -0.4 is 0 Å². The van der Waals surface area contributed by atoms with Crippen molar-refractivity contribution in [1.82, 2.24) is 0 Å². The van der Waals surface area contributed by atoms with Crippen LogP contribution in [0.3, 0.4) is 0 Å². The van der Waals surface area contributed by atoms with Crippen molar-refractivity contribution in [1.29, 1.82) is 0 Å². The van der Waals surface area contributed by atoms with Gasteiger partial charge in [-0.25, -0.2) is 4.39 Å². The van der Waals surface area contributed by atoms with Gasteiger partial charge in [-0.1, -0.05) is 0 Å². The Hall–Kier alpha value is -1.19. The highest BCUT2D eigenvalue weighted by atomic mass is 19.1. The lowest BCUT2D eigenvalue weighted by Crippen LogP contribution is -1.99. The molecule has 0 radical (unpaired) electrons. The fraction of sp³-hybridized carbons (Fsp3) is 0.333. The van der Waals surface area contributed by atoms with Gasteiger partial charge in [0.1, 0.15) is 5.83 Å². The Labute approximate surface area is 57.0 Å². The standard InChI is InChI=1S/C6H6FNO2/c7-5-2-1-3-6(4-5)8(9)10/h3-4H,1-2H2. The summed E-state index contributed by atoms with van der Waals surface area (Å²) in [4.78, 5) is 9.44. The summed E-state index contributed by atoms with van der Waals surface area (Å²) in [5, 5.41) is 10.0. The largest absolute Gasteiger partial charge is 0.268 e. The zero-order valence-electron chi connectivity index (χ0n) is 5.21. The Morgan fingerprint density at radius 1 is 1.70 bits per heavy atom. The van der Waals surface area contributed by atoms with Crippen LogP contribution in [0.15, 0.2) is 23.7 Å². The molecule has 1 rings (SSSR count). The van der Waals surface area contributed by atoms with Gasteiger partial charge in [-0.05, 0) is 12.5 Å². The average molecular weight is 143 g/mol. The van der Waals surface area contributed by atoms with Gasteiger partial charge in [0.05, 0.1) is 4.92 Å². The summed E-state index contributed by atoms with van der Waals surface area (Å²) in [6, 6.07) is 0. The number of hydrogen-bond donors (Lipinski definition) is 0. The normalized spacial score (nSPS) is 17.7. The Bertz CT molecular complexity index is 220. The van der Waals surface area contributed by atoms with Crippen molar-refractivity contribution in [3.63, 3.8) is 0 Å². The number of nitrogens with zero attached hydrogens (tertiary/aromatic N) is 1. The zero-order valence-corrected chi connectivity index (χ0v) is 5.21. The summed E-state index contributed by atoms with van der Waals surface area (Å²) in [5.74, 6) is -0.408. The fourth-order valence-corrected chi connectivity index (χ4v) is 0.777. The SMILES string of the molecule is O=[N+]([O-])C1=CCCC(F)=C1. The second-order valence-corrected chi connectivity index (χ2v) is 2.02. The van der Waals surface area contributed by atoms with Crippen molar-refractivity contribution >= 4 is 0 Å². The lowest BCUT2D eigenvalue weighted by atomic mass is 10.1. The maximum Gasteiger partial charge on any atom is 0.268 e. The van der Waals surface area contributed by atoms with Gasteiger partial charge in [-0.2, -0.15) is 0 Å². The van der Waals surface area contributed by atoms with Crippen molar-refractivity contribution in [2.24, 2.45) is 0 Å². The molecule has 0 unspecified atom stereocenters. The number of halogens is 1. The molecule has 0 saturated heterocycles. The molecule has 0 atom stereocenters. The third kappa shape index (κ3) is 1.40. The highest BCUT2D eigenvalue weighted by Gasteiger charge is 2.12. The van der Waals surface area contributed by atoms with E-state index < -0.39 is 10.8 Å². The molecule has 0 aromatic heterocycles. The first-order valence-electron chi connectivity index (χ1n) is 2.91. The van der Waals surface area contributed by atoms with Crippen molar-refractivity contribution in [3.05, 3.63) is 33.8 Å². The van der Waals surface area contributed by atoms with Crippen molar-refractivity contribution in [2.75, 3.05) is 0 Å². The first-order valence-corrected chi connectivity index (χ1v) is 2.91. The van der Waals surface area contributed by atoms with E-state index in [0.717, 1.165) is 6.08 Å². The lowest BCUT2D eigenvalue weighted by molar-refractivity contribution is -0.419. The Morgan fingerprint density at radius 3 is 2.80 bits per heavy atom. The van der Waals surface area contributed by atoms with Gasteiger partial charge in [-0.3, -0.25) is 10.1 Å². The van der Waals surface area contributed by atoms with Crippen LogP contribution in [0.4, 0.5) is 4.39 Å². The predicted molar refractivity (Wildman–Crippen MR) is 33.5 cm³/mol. The third-order valence-electron chi connectivity index (χ3n) is 1.25. The molecule has 54 valence electrons. The molecule has 0 aromatic rings. The molecule has 0 saturated carbocycles. The molecule has 1 aliphatic rings. The highest BCUT2D eigenvalue weighted by Crippen LogP contribution is 2.17. The van der Waals surface area contributed by atoms with Crippen molar-refractivity contribution < 1.29 is 9.31 Å². The predicted octanol–water partition coefficient (Wildman–Crippen LogP) is 1.79. The molecule has 0 fully saturated rings. The minimum atomic E-state index is -0.585. The number of rotatable bonds is 1. The van der Waals surface area contributed by atoms with Gasteiger partial charge in [0, 0.05) is 12.5 Å². The van der Waals surface area contributed by atoms with Crippen LogP contribution in [0.25, 0.3) is 0 Å². The van der Waals surface area contributed by atoms with E-state index in [1.54, 1.807) is 0 Å². The molecule has 0 heterocycles. The summed E-state index contributed by atoms with van der Waals surface area (Å²) in [6.07, 6.45) is 3.10. The van der Waals surface area contributed by atoms with Crippen LogP contribution in [-0.4, -0.2) is 4.92 Å². The monoisotopic (exact) mass is 143 g/mol. The molecule has 4 heteroatoms. The van der Waals surface area contributed by atoms with Crippen LogP contribution in [0.1, 0.15) is 12.8 Å².